The first-order valence-electron chi connectivity index (χ1n) is 10.2. The number of benzene rings is 1. The molecule has 7 nitrogen and oxygen atoms in total. The topological polar surface area (TPSA) is 76.4 Å². The van der Waals surface area contributed by atoms with Gasteiger partial charge in [-0.15, -0.1) is 0 Å². The highest BCUT2D eigenvalue weighted by atomic mass is 16.5. The van der Waals surface area contributed by atoms with Crippen LogP contribution in [0, 0.1) is 13.8 Å². The minimum absolute atomic E-state index is 0.503. The number of nitrogens with one attached hydrogen (secondary N) is 2. The number of hydrogen-bond donors (Lipinski definition) is 2. The van der Waals surface area contributed by atoms with Crippen LogP contribution in [0.3, 0.4) is 0 Å². The summed E-state index contributed by atoms with van der Waals surface area (Å²) in [4.78, 5) is 8.59. The second kappa shape index (κ2) is 11.0. The summed E-state index contributed by atoms with van der Waals surface area (Å²) in [6.45, 7) is 6.95. The van der Waals surface area contributed by atoms with Crippen LogP contribution < -0.4 is 15.4 Å². The number of rotatable bonds is 9. The smallest absolute Gasteiger partial charge is 0.213 e. The van der Waals surface area contributed by atoms with E-state index in [1.54, 1.807) is 13.2 Å². The fourth-order valence-electron chi connectivity index (χ4n) is 3.11. The van der Waals surface area contributed by atoms with Crippen molar-refractivity contribution in [3.8, 4) is 5.88 Å². The third-order valence-corrected chi connectivity index (χ3v) is 4.65. The molecule has 0 spiro atoms. The Morgan fingerprint density at radius 1 is 1.07 bits per heavy atom. The summed E-state index contributed by atoms with van der Waals surface area (Å²) < 4.78 is 7.85. The van der Waals surface area contributed by atoms with E-state index in [1.807, 2.05) is 54.1 Å². The van der Waals surface area contributed by atoms with Crippen LogP contribution in [0.15, 0.2) is 59.7 Å². The summed E-state index contributed by atoms with van der Waals surface area (Å²) in [5.41, 5.74) is 4.45. The number of aliphatic imine (C=N–C) groups is 1. The van der Waals surface area contributed by atoms with Gasteiger partial charge in [-0.3, -0.25) is 9.67 Å². The highest BCUT2D eigenvalue weighted by Crippen LogP contribution is 2.11. The molecule has 0 amide bonds. The van der Waals surface area contributed by atoms with Gasteiger partial charge in [0.2, 0.25) is 5.88 Å². The first-order chi connectivity index (χ1) is 14.6. The van der Waals surface area contributed by atoms with E-state index >= 15 is 0 Å². The van der Waals surface area contributed by atoms with Crippen LogP contribution in [-0.2, 0) is 19.7 Å². The molecule has 3 rings (SSSR count). The number of aromatic nitrogens is 3. The predicted octanol–water partition coefficient (Wildman–Crippen LogP) is 3.23. The van der Waals surface area contributed by atoms with Crippen LogP contribution >= 0.6 is 0 Å². The molecular weight excluding hydrogens is 376 g/mol. The van der Waals surface area contributed by atoms with E-state index in [4.69, 9.17) is 4.74 Å². The lowest BCUT2D eigenvalue weighted by molar-refractivity contribution is 0.293. The molecule has 158 valence electrons. The third kappa shape index (κ3) is 6.62. The van der Waals surface area contributed by atoms with E-state index in [2.05, 4.69) is 38.7 Å². The van der Waals surface area contributed by atoms with E-state index in [-0.39, 0.29) is 0 Å². The Labute approximate surface area is 178 Å². The number of nitrogens with zero attached hydrogens (tertiary/aromatic N) is 4. The van der Waals surface area contributed by atoms with Crippen molar-refractivity contribution in [1.29, 1.82) is 0 Å². The lowest BCUT2D eigenvalue weighted by Gasteiger charge is -2.13. The standard InChI is InChI=1S/C23H30N6O/c1-18-14-19(2)29(28-18)13-7-11-26-23(24-3)27-16-21-10-12-25-22(15-21)30-17-20-8-5-4-6-9-20/h4-6,8-10,12,14-15H,7,11,13,16-17H2,1-3H3,(H2,24,26,27). The quantitative estimate of drug-likeness (QED) is 0.324. The molecule has 0 saturated carbocycles. The van der Waals surface area contributed by atoms with Crippen LogP contribution in [0.25, 0.3) is 0 Å². The van der Waals surface area contributed by atoms with Gasteiger partial charge in [-0.05, 0) is 43.5 Å². The van der Waals surface area contributed by atoms with Gasteiger partial charge in [-0.25, -0.2) is 4.98 Å². The summed E-state index contributed by atoms with van der Waals surface area (Å²) in [6.07, 6.45) is 2.73. The fraction of sp³-hybridized carbons (Fsp3) is 0.348. The van der Waals surface area contributed by atoms with Crippen molar-refractivity contribution >= 4 is 5.96 Å². The fourth-order valence-corrected chi connectivity index (χ4v) is 3.11. The van der Waals surface area contributed by atoms with Crippen molar-refractivity contribution in [3.63, 3.8) is 0 Å². The number of guanidine groups is 1. The van der Waals surface area contributed by atoms with E-state index in [0.717, 1.165) is 42.3 Å². The second-order valence-corrected chi connectivity index (χ2v) is 7.13. The Morgan fingerprint density at radius 2 is 1.90 bits per heavy atom. The van der Waals surface area contributed by atoms with Gasteiger partial charge < -0.3 is 15.4 Å². The lowest BCUT2D eigenvalue weighted by atomic mass is 10.2. The number of aryl methyl sites for hydroxylation is 3. The zero-order chi connectivity index (χ0) is 21.2. The maximum absolute atomic E-state index is 5.81. The Bertz CT molecular complexity index is 951. The van der Waals surface area contributed by atoms with Gasteiger partial charge in [-0.1, -0.05) is 30.3 Å². The van der Waals surface area contributed by atoms with E-state index in [9.17, 15) is 0 Å². The van der Waals surface area contributed by atoms with Gasteiger partial charge in [0.25, 0.3) is 0 Å². The van der Waals surface area contributed by atoms with Gasteiger partial charge in [0.05, 0.1) is 5.69 Å². The summed E-state index contributed by atoms with van der Waals surface area (Å²) in [5.74, 6) is 1.39. The zero-order valence-corrected chi connectivity index (χ0v) is 17.9. The van der Waals surface area contributed by atoms with E-state index < -0.39 is 0 Å². The highest BCUT2D eigenvalue weighted by Gasteiger charge is 2.03. The first-order valence-corrected chi connectivity index (χ1v) is 10.2. The summed E-state index contributed by atoms with van der Waals surface area (Å²) >= 11 is 0. The maximum Gasteiger partial charge on any atom is 0.213 e. The molecule has 7 heteroatoms. The average molecular weight is 407 g/mol. The van der Waals surface area contributed by atoms with Crippen molar-refractivity contribution < 1.29 is 4.74 Å². The summed E-state index contributed by atoms with van der Waals surface area (Å²) in [7, 11) is 1.78. The molecule has 0 atom stereocenters. The summed E-state index contributed by atoms with van der Waals surface area (Å²) in [5, 5.41) is 11.2. The monoisotopic (exact) mass is 406 g/mol. The Morgan fingerprint density at radius 3 is 2.63 bits per heavy atom. The Hall–Kier alpha value is -3.35. The Kier molecular flexibility index (Phi) is 7.83. The van der Waals surface area contributed by atoms with Crippen molar-refractivity contribution in [1.82, 2.24) is 25.4 Å². The molecule has 2 heterocycles. The number of pyridine rings is 1. The number of ether oxygens (including phenoxy) is 1. The third-order valence-electron chi connectivity index (χ3n) is 4.65. The van der Waals surface area contributed by atoms with Crippen LogP contribution in [0.2, 0.25) is 0 Å². The Balaban J connectivity index is 1.41. The van der Waals surface area contributed by atoms with Crippen molar-refractivity contribution in [3.05, 3.63) is 77.2 Å². The molecule has 1 aromatic carbocycles. The van der Waals surface area contributed by atoms with Crippen molar-refractivity contribution in [2.24, 2.45) is 4.99 Å². The van der Waals surface area contributed by atoms with Gasteiger partial charge in [0.15, 0.2) is 5.96 Å². The summed E-state index contributed by atoms with van der Waals surface area (Å²) in [6, 6.07) is 16.1. The highest BCUT2D eigenvalue weighted by molar-refractivity contribution is 5.79. The molecule has 3 aromatic rings. The van der Waals surface area contributed by atoms with Crippen molar-refractivity contribution in [2.75, 3.05) is 13.6 Å². The van der Waals surface area contributed by atoms with Gasteiger partial charge in [-0.2, -0.15) is 5.10 Å². The predicted molar refractivity (Wildman–Crippen MR) is 120 cm³/mol. The van der Waals surface area contributed by atoms with Crippen LogP contribution in [0.5, 0.6) is 5.88 Å². The molecule has 0 unspecified atom stereocenters. The molecule has 2 N–H and O–H groups in total. The number of hydrogen-bond acceptors (Lipinski definition) is 4. The largest absolute Gasteiger partial charge is 0.473 e. The van der Waals surface area contributed by atoms with Crippen molar-refractivity contribution in [2.45, 2.75) is 40.0 Å². The van der Waals surface area contributed by atoms with Crippen LogP contribution in [0.1, 0.15) is 28.9 Å². The molecule has 0 fully saturated rings. The molecule has 30 heavy (non-hydrogen) atoms. The zero-order valence-electron chi connectivity index (χ0n) is 17.9. The normalized spacial score (nSPS) is 11.4. The maximum atomic E-state index is 5.81. The molecule has 0 bridgehead atoms. The van der Waals surface area contributed by atoms with Gasteiger partial charge in [0, 0.05) is 44.6 Å². The minimum atomic E-state index is 0.503. The van der Waals surface area contributed by atoms with Gasteiger partial charge in [0.1, 0.15) is 6.61 Å². The van der Waals surface area contributed by atoms with E-state index in [1.165, 1.54) is 5.69 Å². The SMILES string of the molecule is CN=C(NCCCn1nc(C)cc1C)NCc1ccnc(OCc2ccccc2)c1. The van der Waals surface area contributed by atoms with Crippen LogP contribution in [0.4, 0.5) is 0 Å². The first kappa shape index (κ1) is 21.4. The molecule has 2 aromatic heterocycles. The molecular formula is C23H30N6O. The minimum Gasteiger partial charge on any atom is -0.473 e. The lowest BCUT2D eigenvalue weighted by Crippen LogP contribution is -2.37. The van der Waals surface area contributed by atoms with Crippen LogP contribution in [-0.4, -0.2) is 34.3 Å². The molecule has 0 radical (unpaired) electrons. The van der Waals surface area contributed by atoms with Gasteiger partial charge >= 0.3 is 0 Å². The second-order valence-electron chi connectivity index (χ2n) is 7.13. The molecule has 0 saturated heterocycles. The average Bonchev–Trinajstić information content (AvgIpc) is 3.09. The molecule has 0 aliphatic rings. The molecule has 0 aliphatic carbocycles. The van der Waals surface area contributed by atoms with E-state index in [0.29, 0.717) is 19.0 Å². The molecule has 0 aliphatic heterocycles.